The summed E-state index contributed by atoms with van der Waals surface area (Å²) >= 11 is 0. The van der Waals surface area contributed by atoms with E-state index in [9.17, 15) is 19.2 Å². The zero-order valence-electron chi connectivity index (χ0n) is 26.9. The number of nitrogens with zero attached hydrogens (tertiary/aromatic N) is 1. The smallest absolute Gasteiger partial charge is 0.305 e. The van der Waals surface area contributed by atoms with Crippen LogP contribution < -0.4 is 16.0 Å². The highest BCUT2D eigenvalue weighted by Crippen LogP contribution is 2.29. The Hall–Kier alpha value is -4.99. The number of aliphatic imine (C=N–C) groups is 1. The molecule has 45 heavy (non-hydrogen) atoms. The number of carbonyl (C=O) groups excluding carboxylic acids is 4. The first-order chi connectivity index (χ1) is 21.4. The number of methoxy groups -OCH3 is 2. The molecule has 2 aliphatic rings. The fourth-order valence-corrected chi connectivity index (χ4v) is 5.77. The van der Waals surface area contributed by atoms with Crippen molar-refractivity contribution in [1.29, 1.82) is 0 Å². The molecule has 10 nitrogen and oxygen atoms in total. The molecule has 0 unspecified atom stereocenters. The van der Waals surface area contributed by atoms with Gasteiger partial charge in [-0.15, -0.1) is 0 Å². The van der Waals surface area contributed by atoms with E-state index in [1.54, 1.807) is 0 Å². The van der Waals surface area contributed by atoms with E-state index in [-0.39, 0.29) is 42.5 Å². The van der Waals surface area contributed by atoms with Gasteiger partial charge in [-0.05, 0) is 99.1 Å². The van der Waals surface area contributed by atoms with Crippen LogP contribution in [0.5, 0.6) is 0 Å². The molecule has 0 aromatic carbocycles. The maximum atomic E-state index is 12.4. The molecule has 1 saturated heterocycles. The number of aromatic nitrogens is 2. The highest BCUT2D eigenvalue weighted by atomic mass is 16.5. The maximum Gasteiger partial charge on any atom is 0.305 e. The van der Waals surface area contributed by atoms with Gasteiger partial charge in [-0.3, -0.25) is 19.2 Å². The number of H-pyrrole nitrogens is 2. The van der Waals surface area contributed by atoms with Gasteiger partial charge in [0.1, 0.15) is 0 Å². The lowest BCUT2D eigenvalue weighted by atomic mass is 10.00. The molecular weight excluding hydrogens is 572 g/mol. The molecule has 3 N–H and O–H groups in total. The Balaban J connectivity index is 1.91. The van der Waals surface area contributed by atoms with Gasteiger partial charge in [0.2, 0.25) is 5.91 Å². The molecule has 0 spiro atoms. The number of carbonyl (C=O) groups is 4. The quantitative estimate of drug-likeness (QED) is 0.352. The van der Waals surface area contributed by atoms with Crippen LogP contribution in [-0.4, -0.2) is 53.7 Å². The lowest BCUT2D eigenvalue weighted by Crippen LogP contribution is -2.16. The van der Waals surface area contributed by atoms with Crippen LogP contribution >= 0.6 is 0 Å². The Morgan fingerprint density at radius 2 is 1.53 bits per heavy atom. The lowest BCUT2D eigenvalue weighted by molar-refractivity contribution is -0.141. The van der Waals surface area contributed by atoms with Crippen molar-refractivity contribution in [3.63, 3.8) is 0 Å². The molecule has 1 atom stereocenters. The molecule has 236 valence electrons. The number of hydrogen-bond acceptors (Lipinski definition) is 6. The van der Waals surface area contributed by atoms with Gasteiger partial charge in [-0.25, -0.2) is 4.99 Å². The van der Waals surface area contributed by atoms with Crippen LogP contribution in [0.2, 0.25) is 0 Å². The van der Waals surface area contributed by atoms with E-state index in [4.69, 9.17) is 9.47 Å². The molecule has 0 saturated carbocycles. The Morgan fingerprint density at radius 1 is 0.889 bits per heavy atom. The standard InChI is InChI=1S/C35H40N4O6/c1-9-22-21(6)34(42)39-29(22)16-27-20(5)25(12-14-33(41)45-8)31(37-27)17-30-24(11-13-32(40)44-7)19(4)26(36-30)15-28-18(3)23(10-2)35(43)38-28/h9-10,15-17,21,36-37H,2,11-14H2,1,3-8H3,(H,39,42)/b22-9+,26-15+,29-16+,30-17-/t21-/m1/s1. The second-order valence-electron chi connectivity index (χ2n) is 11.1. The molecule has 0 bridgehead atoms. The number of rotatable bonds is 10. The third kappa shape index (κ3) is 6.74. The summed E-state index contributed by atoms with van der Waals surface area (Å²) in [6.45, 7) is 13.3. The summed E-state index contributed by atoms with van der Waals surface area (Å²) in [5.74, 6) is -1.30. The van der Waals surface area contributed by atoms with Crippen LogP contribution in [-0.2, 0) is 41.5 Å². The fraction of sp³-hybridized carbons (Fsp3) is 0.343. The summed E-state index contributed by atoms with van der Waals surface area (Å²) in [6.07, 6.45) is 10.4. The predicted octanol–water partition coefficient (Wildman–Crippen LogP) is 3.32. The summed E-state index contributed by atoms with van der Waals surface area (Å²) < 4.78 is 9.81. The topological polar surface area (TPSA) is 143 Å². The van der Waals surface area contributed by atoms with Crippen molar-refractivity contribution in [2.24, 2.45) is 10.9 Å². The number of esters is 2. The van der Waals surface area contributed by atoms with E-state index in [1.807, 2.05) is 58.9 Å². The average molecular weight is 613 g/mol. The molecule has 0 aliphatic carbocycles. The normalized spacial score (nSPS) is 19.2. The molecule has 10 heteroatoms. The summed E-state index contributed by atoms with van der Waals surface area (Å²) in [5.41, 5.74) is 8.63. The van der Waals surface area contributed by atoms with Crippen LogP contribution in [0.4, 0.5) is 0 Å². The van der Waals surface area contributed by atoms with Gasteiger partial charge >= 0.3 is 11.9 Å². The molecule has 4 heterocycles. The van der Waals surface area contributed by atoms with Gasteiger partial charge in [0.25, 0.3) is 5.91 Å². The second kappa shape index (κ2) is 13.8. The Kier molecular flexibility index (Phi) is 10.1. The number of allylic oxidation sites excluding steroid dienone is 3. The SMILES string of the molecule is C=CC1=C(C)C(/C=c2/[nH]/c(=C\c3[nH]c(/C=C4/NC(=O)[C@H](C)/C4=C\C)c(C)c3CCC(=O)OC)c(CCC(=O)OC)c2C)=NC1=O. The molecule has 2 aliphatic heterocycles. The summed E-state index contributed by atoms with van der Waals surface area (Å²) in [4.78, 5) is 60.2. The van der Waals surface area contributed by atoms with Gasteiger partial charge in [0.05, 0.1) is 25.8 Å². The zero-order chi connectivity index (χ0) is 33.0. The number of amides is 2. The van der Waals surface area contributed by atoms with Gasteiger partial charge in [-0.2, -0.15) is 0 Å². The van der Waals surface area contributed by atoms with E-state index in [0.29, 0.717) is 24.1 Å². The minimum Gasteiger partial charge on any atom is -0.469 e. The van der Waals surface area contributed by atoms with E-state index in [0.717, 1.165) is 61.2 Å². The number of hydrogen-bond donors (Lipinski definition) is 3. The molecule has 0 radical (unpaired) electrons. The van der Waals surface area contributed by atoms with Crippen LogP contribution in [0, 0.1) is 19.8 Å². The van der Waals surface area contributed by atoms with E-state index in [1.165, 1.54) is 20.3 Å². The fourth-order valence-electron chi connectivity index (χ4n) is 5.77. The van der Waals surface area contributed by atoms with Crippen LogP contribution in [0.1, 0.15) is 67.3 Å². The lowest BCUT2D eigenvalue weighted by Gasteiger charge is -2.04. The minimum atomic E-state index is -0.330. The Labute approximate surface area is 262 Å². The first-order valence-corrected chi connectivity index (χ1v) is 14.9. The summed E-state index contributed by atoms with van der Waals surface area (Å²) in [7, 11) is 2.72. The zero-order valence-corrected chi connectivity index (χ0v) is 26.9. The number of aromatic amines is 2. The molecular formula is C35H40N4O6. The van der Waals surface area contributed by atoms with Crippen molar-refractivity contribution >= 4 is 47.7 Å². The third-order valence-corrected chi connectivity index (χ3v) is 8.56. The van der Waals surface area contributed by atoms with Crippen molar-refractivity contribution in [1.82, 2.24) is 15.3 Å². The third-order valence-electron chi connectivity index (χ3n) is 8.56. The maximum absolute atomic E-state index is 12.4. The summed E-state index contributed by atoms with van der Waals surface area (Å²) in [5, 5.41) is 4.48. The van der Waals surface area contributed by atoms with Crippen LogP contribution in [0.3, 0.4) is 0 Å². The average Bonchev–Trinajstić information content (AvgIpc) is 3.66. The highest BCUT2D eigenvalue weighted by Gasteiger charge is 2.29. The predicted molar refractivity (Wildman–Crippen MR) is 173 cm³/mol. The summed E-state index contributed by atoms with van der Waals surface area (Å²) in [6, 6.07) is 0. The highest BCUT2D eigenvalue weighted by molar-refractivity contribution is 6.31. The van der Waals surface area contributed by atoms with Crippen molar-refractivity contribution in [2.45, 2.75) is 60.3 Å². The van der Waals surface area contributed by atoms with E-state index in [2.05, 4.69) is 26.9 Å². The first-order valence-electron chi connectivity index (χ1n) is 14.9. The van der Waals surface area contributed by atoms with Crippen LogP contribution in [0.15, 0.2) is 46.1 Å². The first kappa shape index (κ1) is 32.9. The van der Waals surface area contributed by atoms with E-state index < -0.39 is 0 Å². The van der Waals surface area contributed by atoms with E-state index >= 15 is 0 Å². The largest absolute Gasteiger partial charge is 0.469 e. The van der Waals surface area contributed by atoms with Gasteiger partial charge in [0.15, 0.2) is 0 Å². The van der Waals surface area contributed by atoms with Gasteiger partial charge < -0.3 is 24.8 Å². The monoisotopic (exact) mass is 612 g/mol. The molecule has 2 aromatic rings. The molecule has 2 aromatic heterocycles. The Morgan fingerprint density at radius 3 is 2.11 bits per heavy atom. The van der Waals surface area contributed by atoms with Crippen molar-refractivity contribution in [3.8, 4) is 0 Å². The van der Waals surface area contributed by atoms with Gasteiger partial charge in [-0.1, -0.05) is 18.7 Å². The van der Waals surface area contributed by atoms with Gasteiger partial charge in [0, 0.05) is 46.2 Å². The van der Waals surface area contributed by atoms with Crippen molar-refractivity contribution in [2.75, 3.05) is 14.2 Å². The number of ether oxygens (including phenoxy) is 2. The minimum absolute atomic E-state index is 0.0593. The molecule has 4 rings (SSSR count). The van der Waals surface area contributed by atoms with Crippen molar-refractivity contribution in [3.05, 3.63) is 85.5 Å². The molecule has 1 fully saturated rings. The molecule has 2 amide bonds. The van der Waals surface area contributed by atoms with Crippen LogP contribution in [0.25, 0.3) is 18.2 Å². The van der Waals surface area contributed by atoms with Crippen molar-refractivity contribution < 1.29 is 28.7 Å². The Bertz CT molecular complexity index is 1840. The second-order valence-corrected chi connectivity index (χ2v) is 11.1. The number of nitrogens with one attached hydrogen (secondary N) is 3.